The third-order valence-corrected chi connectivity index (χ3v) is 8.27. The van der Waals surface area contributed by atoms with Crippen LogP contribution in [0.5, 0.6) is 0 Å². The Morgan fingerprint density at radius 3 is 1.74 bits per heavy atom. The van der Waals surface area contributed by atoms with Crippen LogP contribution in [-0.2, 0) is 0 Å². The van der Waals surface area contributed by atoms with Gasteiger partial charge in [0.1, 0.15) is 11.2 Å². The van der Waals surface area contributed by atoms with Gasteiger partial charge in [-0.05, 0) is 83.9 Å². The van der Waals surface area contributed by atoms with E-state index in [0.717, 1.165) is 54.6 Å². The molecule has 0 aliphatic carbocycles. The van der Waals surface area contributed by atoms with Crippen molar-refractivity contribution < 1.29 is 16.8 Å². The lowest BCUT2D eigenvalue weighted by Gasteiger charge is -2.19. The van der Waals surface area contributed by atoms with E-state index in [1.165, 1.54) is 0 Å². The first-order valence-corrected chi connectivity index (χ1v) is 14.0. The lowest BCUT2D eigenvalue weighted by molar-refractivity contribution is 0.669. The second-order valence-electron chi connectivity index (χ2n) is 10.6. The largest absolute Gasteiger partial charge is 0.456 e. The molecule has 0 saturated heterocycles. The highest BCUT2D eigenvalue weighted by Gasteiger charge is 2.19. The van der Waals surface area contributed by atoms with E-state index < -0.39 is 48.3 Å². The summed E-state index contributed by atoms with van der Waals surface area (Å²) in [4.78, 5) is 0. The zero-order chi connectivity index (χ0) is 36.2. The molecule has 0 atom stereocenters. The molecule has 0 bridgehead atoms. The van der Waals surface area contributed by atoms with Gasteiger partial charge in [-0.25, -0.2) is 0 Å². The van der Waals surface area contributed by atoms with E-state index in [2.05, 4.69) is 30.3 Å². The van der Waals surface area contributed by atoms with Crippen molar-refractivity contribution in [3.05, 3.63) is 158 Å². The Kier molecular flexibility index (Phi) is 3.67. The average Bonchev–Trinajstić information content (AvgIpc) is 3.55. The summed E-state index contributed by atoms with van der Waals surface area (Å²) in [5.74, 6) is 0. The normalized spacial score (nSPS) is 14.7. The van der Waals surface area contributed by atoms with Crippen molar-refractivity contribution in [1.82, 2.24) is 0 Å². The van der Waals surface area contributed by atoms with Gasteiger partial charge < -0.3 is 4.42 Å². The van der Waals surface area contributed by atoms with Crippen LogP contribution in [0.25, 0.3) is 87.6 Å². The number of rotatable bonds is 3. The van der Waals surface area contributed by atoms with Crippen molar-refractivity contribution in [2.75, 3.05) is 0 Å². The summed E-state index contributed by atoms with van der Waals surface area (Å²) in [7, 11) is 0. The van der Waals surface area contributed by atoms with Crippen LogP contribution in [0.1, 0.15) is 12.3 Å². The summed E-state index contributed by atoms with van der Waals surface area (Å²) < 4.78 is 84.7. The quantitative estimate of drug-likeness (QED) is 0.198. The zero-order valence-corrected chi connectivity index (χ0v) is 22.7. The Labute approximate surface area is 261 Å². The maximum absolute atomic E-state index is 9.26. The van der Waals surface area contributed by atoms with E-state index in [-0.39, 0.29) is 22.7 Å². The third kappa shape index (κ3) is 3.65. The molecule has 43 heavy (non-hydrogen) atoms. The fourth-order valence-corrected chi connectivity index (χ4v) is 6.47. The first-order chi connectivity index (χ1) is 25.1. The van der Waals surface area contributed by atoms with Crippen molar-refractivity contribution in [3.8, 4) is 33.4 Å². The molecule has 1 heterocycles. The molecule has 200 valence electrons. The molecule has 0 saturated carbocycles. The topological polar surface area (TPSA) is 13.1 Å². The Hall–Kier alpha value is -5.66. The van der Waals surface area contributed by atoms with Gasteiger partial charge in [-0.2, -0.15) is 0 Å². The van der Waals surface area contributed by atoms with Crippen molar-refractivity contribution in [1.29, 1.82) is 0 Å². The van der Waals surface area contributed by atoms with Crippen LogP contribution in [-0.4, -0.2) is 0 Å². The fraction of sp³-hybridized carbons (Fsp3) is 0. The maximum Gasteiger partial charge on any atom is 0.136 e. The van der Waals surface area contributed by atoms with Crippen LogP contribution in [0, 0.1) is 0 Å². The monoisotopic (exact) mass is 555 g/mol. The van der Waals surface area contributed by atoms with E-state index in [1.54, 1.807) is 0 Å². The molecule has 1 nitrogen and oxygen atoms in total. The lowest BCUT2D eigenvalue weighted by atomic mass is 9.84. The minimum absolute atomic E-state index is 0.0584. The van der Waals surface area contributed by atoms with E-state index >= 15 is 0 Å². The van der Waals surface area contributed by atoms with E-state index in [1.807, 2.05) is 72.8 Å². The van der Waals surface area contributed by atoms with Gasteiger partial charge in [-0.15, -0.1) is 0 Å². The van der Waals surface area contributed by atoms with Crippen molar-refractivity contribution in [3.63, 3.8) is 0 Å². The van der Waals surface area contributed by atoms with Crippen molar-refractivity contribution in [2.45, 2.75) is 0 Å². The highest BCUT2D eigenvalue weighted by Crippen LogP contribution is 2.47. The second kappa shape index (κ2) is 9.44. The minimum atomic E-state index is -0.589. The summed E-state index contributed by atoms with van der Waals surface area (Å²) >= 11 is 0. The molecule has 9 aromatic rings. The highest BCUT2D eigenvalue weighted by atomic mass is 16.3. The molecular weight excluding hydrogens is 520 g/mol. The van der Waals surface area contributed by atoms with Gasteiger partial charge in [0.15, 0.2) is 0 Å². The summed E-state index contributed by atoms with van der Waals surface area (Å²) in [6.45, 7) is 0. The zero-order valence-electron chi connectivity index (χ0n) is 31.7. The summed E-state index contributed by atoms with van der Waals surface area (Å²) in [5, 5.41) is 7.21. The SMILES string of the molecule is [2H]c1c([2H])c([2H])c(-c2c([2H])c([2H])c([2H])c([2H])c2-c2c3ccccc3c(-c3ccc4c(c3)oc3ccc5ccccc5c34)c3ccccc23)c([2H])c1[2H]. The van der Waals surface area contributed by atoms with Crippen molar-refractivity contribution in [2.24, 2.45) is 0 Å². The van der Waals surface area contributed by atoms with Crippen LogP contribution >= 0.6 is 0 Å². The van der Waals surface area contributed by atoms with Gasteiger partial charge in [0, 0.05) is 10.8 Å². The van der Waals surface area contributed by atoms with Gasteiger partial charge in [0.25, 0.3) is 0 Å². The van der Waals surface area contributed by atoms with Crippen LogP contribution < -0.4 is 0 Å². The summed E-state index contributed by atoms with van der Waals surface area (Å²) in [6, 6.07) is 28.9. The van der Waals surface area contributed by atoms with Gasteiger partial charge >= 0.3 is 0 Å². The molecule has 8 aromatic carbocycles. The maximum atomic E-state index is 9.26. The van der Waals surface area contributed by atoms with E-state index in [9.17, 15) is 1.37 Å². The summed E-state index contributed by atoms with van der Waals surface area (Å²) in [5.41, 5.74) is 3.39. The van der Waals surface area contributed by atoms with Gasteiger partial charge in [-0.3, -0.25) is 0 Å². The predicted molar refractivity (Wildman–Crippen MR) is 183 cm³/mol. The number of benzene rings is 8. The molecule has 0 aliphatic rings. The molecule has 9 rings (SSSR count). The molecule has 0 N–H and O–H groups in total. The Morgan fingerprint density at radius 2 is 1.02 bits per heavy atom. The Morgan fingerprint density at radius 1 is 0.419 bits per heavy atom. The van der Waals surface area contributed by atoms with Gasteiger partial charge in [-0.1, -0.05) is 139 Å². The molecule has 0 unspecified atom stereocenters. The molecule has 0 amide bonds. The average molecular weight is 556 g/mol. The molecule has 1 heteroatoms. The summed E-state index contributed by atoms with van der Waals surface area (Å²) in [6.07, 6.45) is 0. The molecule has 0 spiro atoms. The molecule has 0 fully saturated rings. The van der Waals surface area contributed by atoms with Gasteiger partial charge in [0.05, 0.1) is 12.3 Å². The minimum Gasteiger partial charge on any atom is -0.456 e. The molecule has 0 aliphatic heterocycles. The fourth-order valence-electron chi connectivity index (χ4n) is 6.47. The standard InChI is InChI=1S/C42H26O/c1-2-12-27(13-3-1)30-15-6-7-17-32(30)41-35-20-10-8-18-33(35)40(34-19-9-11-21-36(34)41)29-22-24-37-39(26-29)43-38-25-23-28-14-4-5-16-31(28)42(37)38/h1-26H/i1D,2D,3D,6D,7D,12D,13D,15D,17D. The van der Waals surface area contributed by atoms with E-state index in [0.29, 0.717) is 16.3 Å². The molecular formula is C42H26O. The highest BCUT2D eigenvalue weighted by molar-refractivity contribution is 6.24. The van der Waals surface area contributed by atoms with Crippen molar-refractivity contribution >= 4 is 54.3 Å². The third-order valence-electron chi connectivity index (χ3n) is 8.27. The Bertz CT molecular complexity index is 2930. The lowest BCUT2D eigenvalue weighted by Crippen LogP contribution is -1.92. The number of hydrogen-bond donors (Lipinski definition) is 0. The number of hydrogen-bond acceptors (Lipinski definition) is 1. The van der Waals surface area contributed by atoms with Crippen LogP contribution in [0.3, 0.4) is 0 Å². The van der Waals surface area contributed by atoms with Crippen LogP contribution in [0.4, 0.5) is 0 Å². The molecule has 0 radical (unpaired) electrons. The molecule has 1 aromatic heterocycles. The first kappa shape index (κ1) is 16.7. The number of fused-ring (bicyclic) bond motifs is 7. The first-order valence-electron chi connectivity index (χ1n) is 18.5. The predicted octanol–water partition coefficient (Wildman–Crippen LogP) is 12.0. The Balaban J connectivity index is 1.41. The van der Waals surface area contributed by atoms with Crippen LogP contribution in [0.2, 0.25) is 0 Å². The smallest absolute Gasteiger partial charge is 0.136 e. The van der Waals surface area contributed by atoms with E-state index in [4.69, 9.17) is 15.4 Å². The van der Waals surface area contributed by atoms with Gasteiger partial charge in [0.2, 0.25) is 0 Å². The number of furan rings is 1. The second-order valence-corrected chi connectivity index (χ2v) is 10.6. The van der Waals surface area contributed by atoms with Crippen LogP contribution in [0.15, 0.2) is 162 Å².